The molecule has 1 fully saturated rings. The Morgan fingerprint density at radius 1 is 1.17 bits per heavy atom. The average Bonchev–Trinajstić information content (AvgIpc) is 2.37. The summed E-state index contributed by atoms with van der Waals surface area (Å²) in [6.07, 6.45) is 2.25. The minimum atomic E-state index is 0.131. The van der Waals surface area contributed by atoms with Crippen LogP contribution in [0.15, 0.2) is 24.3 Å². The molecule has 0 bridgehead atoms. The summed E-state index contributed by atoms with van der Waals surface area (Å²) in [7, 11) is 0. The van der Waals surface area contributed by atoms with Crippen molar-refractivity contribution >= 4 is 0 Å². The van der Waals surface area contributed by atoms with E-state index in [1.54, 1.807) is 0 Å². The van der Waals surface area contributed by atoms with E-state index in [-0.39, 0.29) is 5.41 Å². The third kappa shape index (κ3) is 3.49. The van der Waals surface area contributed by atoms with Crippen LogP contribution in [0.4, 0.5) is 0 Å². The van der Waals surface area contributed by atoms with Crippen LogP contribution in [-0.4, -0.2) is 19.8 Å². The highest BCUT2D eigenvalue weighted by atomic mass is 16.5. The van der Waals surface area contributed by atoms with E-state index in [2.05, 4.69) is 45.0 Å². The van der Waals surface area contributed by atoms with Crippen molar-refractivity contribution in [3.8, 4) is 5.75 Å². The molecule has 0 spiro atoms. The van der Waals surface area contributed by atoms with Crippen molar-refractivity contribution in [3.63, 3.8) is 0 Å². The second-order valence-electron chi connectivity index (χ2n) is 6.11. The van der Waals surface area contributed by atoms with Crippen LogP contribution in [0.3, 0.4) is 0 Å². The van der Waals surface area contributed by atoms with Gasteiger partial charge in [0.1, 0.15) is 5.75 Å². The fourth-order valence-corrected chi connectivity index (χ4v) is 2.33. The van der Waals surface area contributed by atoms with Gasteiger partial charge in [-0.15, -0.1) is 0 Å². The lowest BCUT2D eigenvalue weighted by Crippen LogP contribution is -2.22. The van der Waals surface area contributed by atoms with Gasteiger partial charge in [0.25, 0.3) is 0 Å². The topological polar surface area (TPSA) is 18.5 Å². The Hall–Kier alpha value is -1.02. The van der Waals surface area contributed by atoms with Gasteiger partial charge < -0.3 is 9.47 Å². The number of para-hydroxylation sites is 1. The van der Waals surface area contributed by atoms with Gasteiger partial charge in [-0.25, -0.2) is 0 Å². The average molecular weight is 248 g/mol. The van der Waals surface area contributed by atoms with Crippen molar-refractivity contribution in [3.05, 3.63) is 29.8 Å². The zero-order valence-electron chi connectivity index (χ0n) is 11.7. The van der Waals surface area contributed by atoms with Crippen molar-refractivity contribution in [2.45, 2.75) is 39.0 Å². The van der Waals surface area contributed by atoms with Gasteiger partial charge >= 0.3 is 0 Å². The van der Waals surface area contributed by atoms with Gasteiger partial charge in [0.15, 0.2) is 0 Å². The molecule has 0 saturated carbocycles. The molecule has 1 aliphatic heterocycles. The van der Waals surface area contributed by atoms with Crippen LogP contribution < -0.4 is 4.74 Å². The molecule has 100 valence electrons. The lowest BCUT2D eigenvalue weighted by atomic mass is 9.86. The maximum atomic E-state index is 6.05. The molecule has 1 heterocycles. The lowest BCUT2D eigenvalue weighted by Gasteiger charge is -2.26. The van der Waals surface area contributed by atoms with Gasteiger partial charge in [0.2, 0.25) is 0 Å². The van der Waals surface area contributed by atoms with Crippen molar-refractivity contribution in [2.24, 2.45) is 5.92 Å². The van der Waals surface area contributed by atoms with Crippen LogP contribution >= 0.6 is 0 Å². The molecular weight excluding hydrogens is 224 g/mol. The molecular formula is C16H24O2. The monoisotopic (exact) mass is 248 g/mol. The Morgan fingerprint density at radius 2 is 1.83 bits per heavy atom. The number of benzene rings is 1. The predicted octanol–water partition coefficient (Wildman–Crippen LogP) is 3.79. The fourth-order valence-electron chi connectivity index (χ4n) is 2.33. The van der Waals surface area contributed by atoms with Gasteiger partial charge in [0, 0.05) is 13.2 Å². The summed E-state index contributed by atoms with van der Waals surface area (Å²) in [5.74, 6) is 1.68. The molecule has 2 nitrogen and oxygen atoms in total. The number of ether oxygens (including phenoxy) is 2. The first-order valence-electron chi connectivity index (χ1n) is 6.87. The standard InChI is InChI=1S/C16H24O2/c1-16(2,3)14-6-4-5-7-15(14)18-12-13-8-10-17-11-9-13/h4-7,13H,8-12H2,1-3H3. The predicted molar refractivity (Wildman–Crippen MR) is 74.2 cm³/mol. The van der Waals surface area contributed by atoms with Crippen LogP contribution in [0.2, 0.25) is 0 Å². The molecule has 0 radical (unpaired) electrons. The molecule has 18 heavy (non-hydrogen) atoms. The third-order valence-electron chi connectivity index (χ3n) is 3.51. The van der Waals surface area contributed by atoms with E-state index in [0.29, 0.717) is 5.92 Å². The molecule has 0 atom stereocenters. The molecule has 1 aromatic carbocycles. The van der Waals surface area contributed by atoms with E-state index >= 15 is 0 Å². The minimum Gasteiger partial charge on any atom is -0.493 e. The summed E-state index contributed by atoms with van der Waals surface area (Å²) < 4.78 is 11.4. The quantitative estimate of drug-likeness (QED) is 0.810. The first kappa shape index (κ1) is 13.4. The van der Waals surface area contributed by atoms with Crippen LogP contribution in [0.1, 0.15) is 39.2 Å². The van der Waals surface area contributed by atoms with E-state index < -0.39 is 0 Å². The molecule has 0 aliphatic carbocycles. The van der Waals surface area contributed by atoms with Crippen molar-refractivity contribution < 1.29 is 9.47 Å². The van der Waals surface area contributed by atoms with Crippen LogP contribution in [0.5, 0.6) is 5.75 Å². The minimum absolute atomic E-state index is 0.131. The van der Waals surface area contributed by atoms with Crippen molar-refractivity contribution in [1.82, 2.24) is 0 Å². The van der Waals surface area contributed by atoms with Gasteiger partial charge in [0.05, 0.1) is 6.61 Å². The Morgan fingerprint density at radius 3 is 2.50 bits per heavy atom. The summed E-state index contributed by atoms with van der Waals surface area (Å²) in [5, 5.41) is 0. The second kappa shape index (κ2) is 5.75. The Kier molecular flexibility index (Phi) is 4.28. The number of hydrogen-bond donors (Lipinski definition) is 0. The molecule has 1 aromatic rings. The number of rotatable bonds is 3. The lowest BCUT2D eigenvalue weighted by molar-refractivity contribution is 0.0495. The van der Waals surface area contributed by atoms with E-state index in [9.17, 15) is 0 Å². The molecule has 0 amide bonds. The zero-order valence-corrected chi connectivity index (χ0v) is 11.7. The van der Waals surface area contributed by atoms with Gasteiger partial charge in [-0.3, -0.25) is 0 Å². The summed E-state index contributed by atoms with van der Waals surface area (Å²) in [6.45, 7) is 9.26. The number of hydrogen-bond acceptors (Lipinski definition) is 2. The SMILES string of the molecule is CC(C)(C)c1ccccc1OCC1CCOCC1. The first-order chi connectivity index (χ1) is 8.57. The van der Waals surface area contributed by atoms with Crippen molar-refractivity contribution in [2.75, 3.05) is 19.8 Å². The van der Waals surface area contributed by atoms with E-state index in [1.807, 2.05) is 0 Å². The van der Waals surface area contributed by atoms with E-state index in [4.69, 9.17) is 9.47 Å². The van der Waals surface area contributed by atoms with Crippen LogP contribution in [0, 0.1) is 5.92 Å². The molecule has 2 heteroatoms. The largest absolute Gasteiger partial charge is 0.493 e. The zero-order chi connectivity index (χ0) is 13.0. The Balaban J connectivity index is 2.00. The molecule has 1 saturated heterocycles. The second-order valence-corrected chi connectivity index (χ2v) is 6.11. The molecule has 1 aliphatic rings. The third-order valence-corrected chi connectivity index (χ3v) is 3.51. The Labute approximate surface area is 110 Å². The maximum Gasteiger partial charge on any atom is 0.123 e. The smallest absolute Gasteiger partial charge is 0.123 e. The summed E-state index contributed by atoms with van der Waals surface area (Å²) >= 11 is 0. The van der Waals surface area contributed by atoms with Gasteiger partial charge in [-0.05, 0) is 35.8 Å². The molecule has 0 unspecified atom stereocenters. The molecule has 0 aromatic heterocycles. The Bertz CT molecular complexity index is 373. The maximum absolute atomic E-state index is 6.05. The molecule has 0 N–H and O–H groups in total. The highest BCUT2D eigenvalue weighted by Gasteiger charge is 2.20. The molecule has 2 rings (SSSR count). The highest BCUT2D eigenvalue weighted by molar-refractivity contribution is 5.38. The van der Waals surface area contributed by atoms with Gasteiger partial charge in [-0.1, -0.05) is 39.0 Å². The fraction of sp³-hybridized carbons (Fsp3) is 0.625. The van der Waals surface area contributed by atoms with Crippen LogP contribution in [-0.2, 0) is 10.2 Å². The first-order valence-corrected chi connectivity index (χ1v) is 6.87. The normalized spacial score (nSPS) is 17.7. The van der Waals surface area contributed by atoms with Crippen LogP contribution in [0.25, 0.3) is 0 Å². The highest BCUT2D eigenvalue weighted by Crippen LogP contribution is 2.31. The van der Waals surface area contributed by atoms with Crippen molar-refractivity contribution in [1.29, 1.82) is 0 Å². The summed E-state index contributed by atoms with van der Waals surface area (Å²) in [4.78, 5) is 0. The van der Waals surface area contributed by atoms with E-state index in [0.717, 1.165) is 38.4 Å². The summed E-state index contributed by atoms with van der Waals surface area (Å²) in [6, 6.07) is 8.38. The van der Waals surface area contributed by atoms with E-state index in [1.165, 1.54) is 5.56 Å². The van der Waals surface area contributed by atoms with Gasteiger partial charge in [-0.2, -0.15) is 0 Å². The summed E-state index contributed by atoms with van der Waals surface area (Å²) in [5.41, 5.74) is 1.42.